The van der Waals surface area contributed by atoms with Crippen LogP contribution in [0.2, 0.25) is 4.34 Å². The van der Waals surface area contributed by atoms with Crippen LogP contribution in [0.4, 0.5) is 0 Å². The minimum Gasteiger partial charge on any atom is -0.483 e. The van der Waals surface area contributed by atoms with E-state index in [1.54, 1.807) is 24.3 Å². The van der Waals surface area contributed by atoms with E-state index in [-0.39, 0.29) is 18.1 Å². The molecule has 1 heterocycles. The fourth-order valence-electron chi connectivity index (χ4n) is 1.78. The van der Waals surface area contributed by atoms with Crippen molar-refractivity contribution in [2.24, 2.45) is 5.73 Å². The maximum absolute atomic E-state index is 11.8. The van der Waals surface area contributed by atoms with Crippen molar-refractivity contribution in [2.75, 3.05) is 6.61 Å². The van der Waals surface area contributed by atoms with Gasteiger partial charge in [0.1, 0.15) is 5.75 Å². The second kappa shape index (κ2) is 7.29. The molecule has 0 aliphatic carbocycles. The van der Waals surface area contributed by atoms with Gasteiger partial charge in [0.05, 0.1) is 16.4 Å². The van der Waals surface area contributed by atoms with Gasteiger partial charge in [0, 0.05) is 4.88 Å². The molecule has 0 saturated carbocycles. The lowest BCUT2D eigenvalue weighted by molar-refractivity contribution is -0.123. The van der Waals surface area contributed by atoms with Crippen LogP contribution in [-0.4, -0.2) is 18.4 Å². The third-order valence-corrected chi connectivity index (χ3v) is 4.08. The maximum Gasteiger partial charge on any atom is 0.258 e. The third-order valence-electron chi connectivity index (χ3n) is 2.85. The molecule has 116 valence electrons. The highest BCUT2D eigenvalue weighted by Crippen LogP contribution is 2.21. The van der Waals surface area contributed by atoms with Gasteiger partial charge in [-0.3, -0.25) is 9.59 Å². The molecule has 5 nitrogen and oxygen atoms in total. The summed E-state index contributed by atoms with van der Waals surface area (Å²) >= 11 is 7.22. The van der Waals surface area contributed by atoms with Gasteiger partial charge in [0.25, 0.3) is 11.8 Å². The lowest BCUT2D eigenvalue weighted by atomic mass is 10.1. The van der Waals surface area contributed by atoms with Gasteiger partial charge in [0.2, 0.25) is 0 Å². The zero-order valence-electron chi connectivity index (χ0n) is 11.9. The van der Waals surface area contributed by atoms with Crippen molar-refractivity contribution in [1.29, 1.82) is 0 Å². The molecule has 1 aromatic heterocycles. The lowest BCUT2D eigenvalue weighted by Crippen LogP contribution is -2.28. The molecule has 0 spiro atoms. The Kier molecular flexibility index (Phi) is 5.41. The van der Waals surface area contributed by atoms with E-state index in [1.165, 1.54) is 11.3 Å². The van der Waals surface area contributed by atoms with Gasteiger partial charge in [-0.1, -0.05) is 17.7 Å². The molecule has 22 heavy (non-hydrogen) atoms. The Labute approximate surface area is 137 Å². The van der Waals surface area contributed by atoms with Crippen molar-refractivity contribution < 1.29 is 14.3 Å². The number of ether oxygens (including phenoxy) is 1. The van der Waals surface area contributed by atoms with Crippen molar-refractivity contribution in [3.05, 3.63) is 50.7 Å². The van der Waals surface area contributed by atoms with Crippen molar-refractivity contribution in [3.63, 3.8) is 0 Å². The largest absolute Gasteiger partial charge is 0.483 e. The van der Waals surface area contributed by atoms with Crippen molar-refractivity contribution >= 4 is 34.8 Å². The van der Waals surface area contributed by atoms with Crippen LogP contribution in [0.5, 0.6) is 5.75 Å². The summed E-state index contributed by atoms with van der Waals surface area (Å²) in [6.45, 7) is 2.05. The Hall–Kier alpha value is -2.05. The van der Waals surface area contributed by atoms with E-state index in [0.717, 1.165) is 10.4 Å². The topological polar surface area (TPSA) is 81.4 Å². The smallest absolute Gasteiger partial charge is 0.258 e. The van der Waals surface area contributed by atoms with Gasteiger partial charge in [-0.05, 0) is 36.8 Å². The van der Waals surface area contributed by atoms with Crippen LogP contribution >= 0.6 is 22.9 Å². The summed E-state index contributed by atoms with van der Waals surface area (Å²) in [5.41, 5.74) is 6.44. The predicted molar refractivity (Wildman–Crippen MR) is 86.4 cm³/mol. The van der Waals surface area contributed by atoms with Crippen LogP contribution in [0.25, 0.3) is 0 Å². The summed E-state index contributed by atoms with van der Waals surface area (Å²) < 4.78 is 6.07. The zero-order valence-corrected chi connectivity index (χ0v) is 13.5. The Morgan fingerprint density at radius 3 is 2.73 bits per heavy atom. The number of carbonyl (C=O) groups excluding carboxylic acids is 2. The SMILES string of the molecule is Cc1ccc(C(N)=O)c(OCC(=O)NCc2ccc(Cl)s2)c1. The van der Waals surface area contributed by atoms with Gasteiger partial charge in [0.15, 0.2) is 6.61 Å². The average molecular weight is 339 g/mol. The van der Waals surface area contributed by atoms with Gasteiger partial charge in [-0.2, -0.15) is 0 Å². The first kappa shape index (κ1) is 16.3. The number of carbonyl (C=O) groups is 2. The van der Waals surface area contributed by atoms with Gasteiger partial charge >= 0.3 is 0 Å². The summed E-state index contributed by atoms with van der Waals surface area (Å²) in [5, 5.41) is 2.72. The van der Waals surface area contributed by atoms with Crippen LogP contribution in [-0.2, 0) is 11.3 Å². The number of aryl methyl sites for hydroxylation is 1. The fraction of sp³-hybridized carbons (Fsp3) is 0.200. The normalized spacial score (nSPS) is 10.3. The standard InChI is InChI=1S/C15H15ClN2O3S/c1-9-2-4-11(15(17)20)12(6-9)21-8-14(19)18-7-10-3-5-13(16)22-10/h2-6H,7-8H2,1H3,(H2,17,20)(H,18,19). The predicted octanol–water partition coefficient (Wildman–Crippen LogP) is 2.50. The molecule has 0 radical (unpaired) electrons. The lowest BCUT2D eigenvalue weighted by Gasteiger charge is -2.10. The number of halogens is 1. The average Bonchev–Trinajstić information content (AvgIpc) is 2.88. The molecule has 0 saturated heterocycles. The summed E-state index contributed by atoms with van der Waals surface area (Å²) in [6, 6.07) is 8.63. The van der Waals surface area contributed by atoms with Crippen LogP contribution in [0.3, 0.4) is 0 Å². The Morgan fingerprint density at radius 2 is 2.09 bits per heavy atom. The molecule has 0 aliphatic rings. The molecule has 3 N–H and O–H groups in total. The van der Waals surface area contributed by atoms with E-state index in [0.29, 0.717) is 16.6 Å². The second-order valence-electron chi connectivity index (χ2n) is 4.64. The van der Waals surface area contributed by atoms with E-state index >= 15 is 0 Å². The summed E-state index contributed by atoms with van der Waals surface area (Å²) in [7, 11) is 0. The van der Waals surface area contributed by atoms with Crippen LogP contribution < -0.4 is 15.8 Å². The number of primary amides is 1. The highest BCUT2D eigenvalue weighted by Gasteiger charge is 2.11. The number of hydrogen-bond acceptors (Lipinski definition) is 4. The first-order valence-corrected chi connectivity index (χ1v) is 7.69. The minimum atomic E-state index is -0.594. The number of thiophene rings is 1. The van der Waals surface area contributed by atoms with Crippen LogP contribution in [0, 0.1) is 6.92 Å². The van der Waals surface area contributed by atoms with E-state index < -0.39 is 5.91 Å². The number of benzene rings is 1. The summed E-state index contributed by atoms with van der Waals surface area (Å²) in [6.07, 6.45) is 0. The van der Waals surface area contributed by atoms with E-state index in [2.05, 4.69) is 5.32 Å². The van der Waals surface area contributed by atoms with E-state index in [9.17, 15) is 9.59 Å². The zero-order chi connectivity index (χ0) is 16.1. The van der Waals surface area contributed by atoms with Crippen molar-refractivity contribution in [1.82, 2.24) is 5.32 Å². The number of nitrogens with two attached hydrogens (primary N) is 1. The number of amides is 2. The molecule has 0 unspecified atom stereocenters. The number of hydrogen-bond donors (Lipinski definition) is 2. The third kappa shape index (κ3) is 4.47. The molecule has 2 aromatic rings. The molecule has 0 aliphatic heterocycles. The number of nitrogens with one attached hydrogen (secondary N) is 1. The Morgan fingerprint density at radius 1 is 1.32 bits per heavy atom. The quantitative estimate of drug-likeness (QED) is 0.849. The molecule has 0 atom stereocenters. The van der Waals surface area contributed by atoms with Crippen molar-refractivity contribution in [2.45, 2.75) is 13.5 Å². The highest BCUT2D eigenvalue weighted by atomic mass is 35.5. The molecular weight excluding hydrogens is 324 g/mol. The second-order valence-corrected chi connectivity index (χ2v) is 6.43. The molecule has 0 fully saturated rings. The first-order chi connectivity index (χ1) is 10.5. The van der Waals surface area contributed by atoms with E-state index in [4.69, 9.17) is 22.1 Å². The van der Waals surface area contributed by atoms with E-state index in [1.807, 2.05) is 13.0 Å². The maximum atomic E-state index is 11.8. The molecule has 0 bridgehead atoms. The fourth-order valence-corrected chi connectivity index (χ4v) is 2.81. The van der Waals surface area contributed by atoms with Gasteiger partial charge in [-0.25, -0.2) is 0 Å². The monoisotopic (exact) mass is 338 g/mol. The molecular formula is C15H15ClN2O3S. The minimum absolute atomic E-state index is 0.192. The van der Waals surface area contributed by atoms with Gasteiger partial charge in [-0.15, -0.1) is 11.3 Å². The molecule has 7 heteroatoms. The summed E-state index contributed by atoms with van der Waals surface area (Å²) in [4.78, 5) is 24.1. The molecule has 2 amide bonds. The first-order valence-electron chi connectivity index (χ1n) is 6.50. The van der Waals surface area contributed by atoms with Crippen molar-refractivity contribution in [3.8, 4) is 5.75 Å². The number of rotatable bonds is 6. The Balaban J connectivity index is 1.91. The molecule has 1 aromatic carbocycles. The van der Waals surface area contributed by atoms with Crippen LogP contribution in [0.15, 0.2) is 30.3 Å². The molecule has 2 rings (SSSR count). The van der Waals surface area contributed by atoms with Gasteiger partial charge < -0.3 is 15.8 Å². The van der Waals surface area contributed by atoms with Crippen LogP contribution in [0.1, 0.15) is 20.8 Å². The summed E-state index contributed by atoms with van der Waals surface area (Å²) in [5.74, 6) is -0.577. The highest BCUT2D eigenvalue weighted by molar-refractivity contribution is 7.16. The Bertz CT molecular complexity index is 700.